The molecule has 0 fully saturated rings. The molecule has 0 aliphatic rings. The highest BCUT2D eigenvalue weighted by molar-refractivity contribution is 7.14. The minimum Gasteiger partial charge on any atom is -0.457 e. The fourth-order valence-electron chi connectivity index (χ4n) is 2.67. The molecule has 1 N–H and O–H groups in total. The van der Waals surface area contributed by atoms with Crippen LogP contribution >= 0.6 is 11.3 Å². The molecular formula is C24H18N2O2S. The van der Waals surface area contributed by atoms with Crippen LogP contribution in [-0.4, -0.2) is 10.9 Å². The smallest absolute Gasteiger partial charge is 0.250 e. The van der Waals surface area contributed by atoms with E-state index in [1.54, 1.807) is 6.08 Å². The molecule has 1 amide bonds. The number of hydrogen-bond acceptors (Lipinski definition) is 4. The molecule has 0 radical (unpaired) electrons. The summed E-state index contributed by atoms with van der Waals surface area (Å²) in [6.45, 7) is 0. The quantitative estimate of drug-likeness (QED) is 0.390. The molecule has 0 unspecified atom stereocenters. The number of carbonyl (C=O) groups excluding carboxylic acids is 1. The van der Waals surface area contributed by atoms with E-state index in [0.29, 0.717) is 5.13 Å². The van der Waals surface area contributed by atoms with Gasteiger partial charge in [0.1, 0.15) is 11.5 Å². The number of nitrogens with one attached hydrogen (secondary N) is 1. The maximum absolute atomic E-state index is 12.1. The topological polar surface area (TPSA) is 51.2 Å². The Morgan fingerprint density at radius 1 is 0.862 bits per heavy atom. The van der Waals surface area contributed by atoms with E-state index in [2.05, 4.69) is 10.3 Å². The Morgan fingerprint density at radius 2 is 1.52 bits per heavy atom. The Bertz CT molecular complexity index is 1100. The largest absolute Gasteiger partial charge is 0.457 e. The van der Waals surface area contributed by atoms with Gasteiger partial charge in [-0.3, -0.25) is 10.1 Å². The molecule has 0 spiro atoms. The van der Waals surface area contributed by atoms with E-state index in [0.717, 1.165) is 28.3 Å². The predicted molar refractivity (Wildman–Crippen MR) is 118 cm³/mol. The fourth-order valence-corrected chi connectivity index (χ4v) is 3.39. The van der Waals surface area contributed by atoms with Crippen LogP contribution in [0, 0.1) is 0 Å². The van der Waals surface area contributed by atoms with Gasteiger partial charge in [0.05, 0.1) is 5.69 Å². The number of rotatable bonds is 6. The number of thiazole rings is 1. The van der Waals surface area contributed by atoms with Gasteiger partial charge in [-0.2, -0.15) is 0 Å². The van der Waals surface area contributed by atoms with Gasteiger partial charge in [0.25, 0.3) is 0 Å². The molecule has 0 aliphatic carbocycles. The lowest BCUT2D eigenvalue weighted by atomic mass is 10.2. The van der Waals surface area contributed by atoms with E-state index in [1.807, 2.05) is 90.3 Å². The number of carbonyl (C=O) groups is 1. The summed E-state index contributed by atoms with van der Waals surface area (Å²) < 4.78 is 5.81. The summed E-state index contributed by atoms with van der Waals surface area (Å²) in [5, 5.41) is 5.29. The SMILES string of the molecule is O=C(C=Cc1ccccc1)Nc1nc(-c2ccc(Oc3ccccc3)cc2)cs1. The molecule has 4 nitrogen and oxygen atoms in total. The Labute approximate surface area is 173 Å². The van der Waals surface area contributed by atoms with Crippen molar-refractivity contribution in [2.45, 2.75) is 0 Å². The number of ether oxygens (including phenoxy) is 1. The van der Waals surface area contributed by atoms with Gasteiger partial charge in [-0.05, 0) is 48.0 Å². The molecule has 4 rings (SSSR count). The maximum Gasteiger partial charge on any atom is 0.250 e. The summed E-state index contributed by atoms with van der Waals surface area (Å²) in [7, 11) is 0. The Morgan fingerprint density at radius 3 is 2.24 bits per heavy atom. The van der Waals surface area contributed by atoms with Crippen LogP contribution in [0.4, 0.5) is 5.13 Å². The first-order chi connectivity index (χ1) is 14.3. The number of anilines is 1. The van der Waals surface area contributed by atoms with Crippen LogP contribution < -0.4 is 10.1 Å². The Kier molecular flexibility index (Phi) is 5.78. The Hall–Kier alpha value is -3.70. The first-order valence-corrected chi connectivity index (χ1v) is 9.97. The summed E-state index contributed by atoms with van der Waals surface area (Å²) in [5.74, 6) is 1.35. The number of para-hydroxylation sites is 1. The minimum absolute atomic E-state index is 0.207. The third-order valence-electron chi connectivity index (χ3n) is 4.09. The lowest BCUT2D eigenvalue weighted by Crippen LogP contribution is -2.07. The molecule has 4 aromatic rings. The average Bonchev–Trinajstić information content (AvgIpc) is 3.23. The zero-order chi connectivity index (χ0) is 19.9. The first kappa shape index (κ1) is 18.7. The molecular weight excluding hydrogens is 380 g/mol. The molecule has 0 atom stereocenters. The highest BCUT2D eigenvalue weighted by atomic mass is 32.1. The average molecular weight is 398 g/mol. The van der Waals surface area contributed by atoms with Gasteiger partial charge in [-0.1, -0.05) is 48.5 Å². The molecule has 5 heteroatoms. The minimum atomic E-state index is -0.207. The van der Waals surface area contributed by atoms with E-state index in [1.165, 1.54) is 17.4 Å². The summed E-state index contributed by atoms with van der Waals surface area (Å²) in [6, 6.07) is 27.0. The lowest BCUT2D eigenvalue weighted by Gasteiger charge is -2.05. The van der Waals surface area contributed by atoms with Crippen molar-refractivity contribution in [2.75, 3.05) is 5.32 Å². The molecule has 0 saturated carbocycles. The summed E-state index contributed by atoms with van der Waals surface area (Å²) in [4.78, 5) is 16.6. The second kappa shape index (κ2) is 8.99. The molecule has 142 valence electrons. The highest BCUT2D eigenvalue weighted by Crippen LogP contribution is 2.28. The van der Waals surface area contributed by atoms with Gasteiger partial charge in [-0.25, -0.2) is 4.98 Å². The van der Waals surface area contributed by atoms with Crippen molar-refractivity contribution in [3.63, 3.8) is 0 Å². The monoisotopic (exact) mass is 398 g/mol. The van der Waals surface area contributed by atoms with E-state index < -0.39 is 0 Å². The fraction of sp³-hybridized carbons (Fsp3) is 0. The third-order valence-corrected chi connectivity index (χ3v) is 4.85. The summed E-state index contributed by atoms with van der Waals surface area (Å²) in [5.41, 5.74) is 2.74. The molecule has 3 aromatic carbocycles. The standard InChI is InChI=1S/C24H18N2O2S/c27-23(16-11-18-7-3-1-4-8-18)26-24-25-22(17-29-24)19-12-14-21(15-13-19)28-20-9-5-2-6-10-20/h1-17H,(H,25,26,27). The number of nitrogens with zero attached hydrogens (tertiary/aromatic N) is 1. The Balaban J connectivity index is 1.38. The first-order valence-electron chi connectivity index (χ1n) is 9.09. The van der Waals surface area contributed by atoms with Crippen molar-refractivity contribution in [1.29, 1.82) is 0 Å². The van der Waals surface area contributed by atoms with Crippen LogP contribution in [0.2, 0.25) is 0 Å². The second-order valence-electron chi connectivity index (χ2n) is 6.21. The van der Waals surface area contributed by atoms with Crippen molar-refractivity contribution in [1.82, 2.24) is 4.98 Å². The van der Waals surface area contributed by atoms with Crippen LogP contribution in [0.15, 0.2) is 96.4 Å². The van der Waals surface area contributed by atoms with Crippen molar-refractivity contribution < 1.29 is 9.53 Å². The zero-order valence-electron chi connectivity index (χ0n) is 15.5. The van der Waals surface area contributed by atoms with E-state index in [4.69, 9.17) is 4.74 Å². The van der Waals surface area contributed by atoms with Crippen molar-refractivity contribution in [3.05, 3.63) is 102 Å². The van der Waals surface area contributed by atoms with Crippen molar-refractivity contribution in [2.24, 2.45) is 0 Å². The van der Waals surface area contributed by atoms with Gasteiger partial charge in [0.15, 0.2) is 5.13 Å². The van der Waals surface area contributed by atoms with Crippen LogP contribution in [-0.2, 0) is 4.79 Å². The second-order valence-corrected chi connectivity index (χ2v) is 7.07. The number of hydrogen-bond donors (Lipinski definition) is 1. The molecule has 0 aliphatic heterocycles. The van der Waals surface area contributed by atoms with Crippen molar-refractivity contribution >= 4 is 28.5 Å². The van der Waals surface area contributed by atoms with E-state index in [9.17, 15) is 4.79 Å². The van der Waals surface area contributed by atoms with Gasteiger partial charge < -0.3 is 4.74 Å². The summed E-state index contributed by atoms with van der Waals surface area (Å²) in [6.07, 6.45) is 3.28. The van der Waals surface area contributed by atoms with Gasteiger partial charge in [0.2, 0.25) is 5.91 Å². The number of amides is 1. The normalized spacial score (nSPS) is 10.8. The lowest BCUT2D eigenvalue weighted by molar-refractivity contribution is -0.111. The molecule has 0 bridgehead atoms. The highest BCUT2D eigenvalue weighted by Gasteiger charge is 2.07. The molecule has 29 heavy (non-hydrogen) atoms. The molecule has 1 aromatic heterocycles. The van der Waals surface area contributed by atoms with Crippen LogP contribution in [0.5, 0.6) is 11.5 Å². The van der Waals surface area contributed by atoms with Crippen LogP contribution in [0.3, 0.4) is 0 Å². The molecule has 0 saturated heterocycles. The van der Waals surface area contributed by atoms with Crippen LogP contribution in [0.25, 0.3) is 17.3 Å². The number of benzene rings is 3. The van der Waals surface area contributed by atoms with Gasteiger partial charge >= 0.3 is 0 Å². The van der Waals surface area contributed by atoms with E-state index in [-0.39, 0.29) is 5.91 Å². The predicted octanol–water partition coefficient (Wildman–Crippen LogP) is 6.25. The molecule has 1 heterocycles. The van der Waals surface area contributed by atoms with Crippen molar-refractivity contribution in [3.8, 4) is 22.8 Å². The van der Waals surface area contributed by atoms with Gasteiger partial charge in [-0.15, -0.1) is 11.3 Å². The maximum atomic E-state index is 12.1. The van der Waals surface area contributed by atoms with E-state index >= 15 is 0 Å². The third kappa shape index (κ3) is 5.18. The zero-order valence-corrected chi connectivity index (χ0v) is 16.3. The van der Waals surface area contributed by atoms with Crippen LogP contribution in [0.1, 0.15) is 5.56 Å². The summed E-state index contributed by atoms with van der Waals surface area (Å²) >= 11 is 1.39. The van der Waals surface area contributed by atoms with Gasteiger partial charge in [0, 0.05) is 17.0 Å². The number of aromatic nitrogens is 1.